The Morgan fingerprint density at radius 3 is 2.46 bits per heavy atom. The molecule has 4 rings (SSSR count). The van der Waals surface area contributed by atoms with Gasteiger partial charge in [0.15, 0.2) is 0 Å². The van der Waals surface area contributed by atoms with Crippen LogP contribution in [0.3, 0.4) is 0 Å². The zero-order valence-corrected chi connectivity index (χ0v) is 14.8. The fourth-order valence-electron chi connectivity index (χ4n) is 4.19. The quantitative estimate of drug-likeness (QED) is 0.865. The first kappa shape index (κ1) is 16.9. The van der Waals surface area contributed by atoms with E-state index in [-0.39, 0.29) is 11.8 Å². The highest BCUT2D eigenvalue weighted by atomic mass is 16.2. The summed E-state index contributed by atoms with van der Waals surface area (Å²) >= 11 is 0. The van der Waals surface area contributed by atoms with Gasteiger partial charge < -0.3 is 9.80 Å². The fourth-order valence-corrected chi connectivity index (χ4v) is 4.19. The summed E-state index contributed by atoms with van der Waals surface area (Å²) in [6.45, 7) is 3.53. The van der Waals surface area contributed by atoms with Crippen LogP contribution in [0.4, 0.5) is 5.95 Å². The Morgan fingerprint density at radius 1 is 1.04 bits per heavy atom. The highest BCUT2D eigenvalue weighted by Crippen LogP contribution is 2.32. The predicted molar refractivity (Wildman–Crippen MR) is 96.5 cm³/mol. The van der Waals surface area contributed by atoms with Crippen LogP contribution in [0, 0.1) is 11.8 Å². The van der Waals surface area contributed by atoms with Gasteiger partial charge in [-0.25, -0.2) is 15.4 Å². The third-order valence-electron chi connectivity index (χ3n) is 5.70. The molecule has 2 amide bonds. The van der Waals surface area contributed by atoms with Crippen molar-refractivity contribution >= 4 is 23.5 Å². The number of rotatable bonds is 3. The van der Waals surface area contributed by atoms with Crippen molar-refractivity contribution in [3.05, 3.63) is 18.5 Å². The van der Waals surface area contributed by atoms with Crippen LogP contribution in [0.1, 0.15) is 32.1 Å². The average Bonchev–Trinajstić information content (AvgIpc) is 3.19. The first-order chi connectivity index (χ1) is 12.7. The second-order valence-electron chi connectivity index (χ2n) is 7.27. The molecule has 3 aliphatic rings. The molecule has 1 aromatic heterocycles. The highest BCUT2D eigenvalue weighted by molar-refractivity contribution is 6.39. The molecule has 4 heterocycles. The zero-order chi connectivity index (χ0) is 17.9. The highest BCUT2D eigenvalue weighted by Gasteiger charge is 2.35. The van der Waals surface area contributed by atoms with Gasteiger partial charge in [-0.2, -0.15) is 5.10 Å². The molecular formula is C18H24N6O2. The molecule has 0 radical (unpaired) electrons. The number of hydrazone groups is 1. The molecule has 0 bridgehead atoms. The maximum Gasteiger partial charge on any atom is 0.270 e. The number of aromatic nitrogens is 2. The van der Waals surface area contributed by atoms with E-state index in [1.165, 1.54) is 0 Å². The molecule has 2 saturated heterocycles. The minimum absolute atomic E-state index is 0.0115. The van der Waals surface area contributed by atoms with Crippen LogP contribution >= 0.6 is 0 Å². The number of likely N-dealkylation sites (tertiary alicyclic amines) is 1. The van der Waals surface area contributed by atoms with Crippen molar-refractivity contribution in [2.24, 2.45) is 16.9 Å². The van der Waals surface area contributed by atoms with Gasteiger partial charge in [0.05, 0.1) is 0 Å². The maximum absolute atomic E-state index is 12.6. The molecule has 1 N–H and O–H groups in total. The van der Waals surface area contributed by atoms with Gasteiger partial charge >= 0.3 is 0 Å². The zero-order valence-electron chi connectivity index (χ0n) is 14.8. The van der Waals surface area contributed by atoms with Gasteiger partial charge in [0.25, 0.3) is 5.91 Å². The molecule has 3 aliphatic heterocycles. The summed E-state index contributed by atoms with van der Waals surface area (Å²) in [4.78, 5) is 36.6. The Labute approximate surface area is 152 Å². The molecule has 0 saturated carbocycles. The van der Waals surface area contributed by atoms with Gasteiger partial charge in [-0.15, -0.1) is 0 Å². The number of nitrogens with one attached hydrogen (secondary N) is 1. The summed E-state index contributed by atoms with van der Waals surface area (Å²) in [5, 5.41) is 3.94. The Balaban J connectivity index is 1.29. The lowest BCUT2D eigenvalue weighted by atomic mass is 9.84. The second-order valence-corrected chi connectivity index (χ2v) is 7.27. The summed E-state index contributed by atoms with van der Waals surface area (Å²) in [6.07, 6.45) is 7.64. The van der Waals surface area contributed by atoms with Gasteiger partial charge in [-0.1, -0.05) is 0 Å². The monoisotopic (exact) mass is 356 g/mol. The summed E-state index contributed by atoms with van der Waals surface area (Å²) in [6, 6.07) is 1.84. The Kier molecular flexibility index (Phi) is 4.81. The number of hydrogen-bond donors (Lipinski definition) is 1. The van der Waals surface area contributed by atoms with Crippen molar-refractivity contribution in [2.45, 2.75) is 32.1 Å². The number of amides is 2. The maximum atomic E-state index is 12.6. The van der Waals surface area contributed by atoms with Crippen molar-refractivity contribution in [1.82, 2.24) is 20.3 Å². The Morgan fingerprint density at radius 2 is 1.77 bits per heavy atom. The van der Waals surface area contributed by atoms with Crippen LogP contribution in [0.5, 0.6) is 0 Å². The van der Waals surface area contributed by atoms with Gasteiger partial charge in [0.1, 0.15) is 5.71 Å². The van der Waals surface area contributed by atoms with E-state index in [0.29, 0.717) is 30.4 Å². The van der Waals surface area contributed by atoms with Crippen LogP contribution in [0.2, 0.25) is 0 Å². The predicted octanol–water partition coefficient (Wildman–Crippen LogP) is 0.807. The van der Waals surface area contributed by atoms with Crippen molar-refractivity contribution in [1.29, 1.82) is 0 Å². The molecule has 1 aromatic rings. The van der Waals surface area contributed by atoms with Gasteiger partial charge in [0, 0.05) is 51.4 Å². The first-order valence-electron chi connectivity index (χ1n) is 9.37. The number of nitrogens with zero attached hydrogens (tertiary/aromatic N) is 5. The molecular weight excluding hydrogens is 332 g/mol. The normalized spacial score (nSPS) is 24.4. The fraction of sp³-hybridized carbons (Fsp3) is 0.611. The molecule has 8 nitrogen and oxygen atoms in total. The van der Waals surface area contributed by atoms with Crippen LogP contribution < -0.4 is 10.3 Å². The van der Waals surface area contributed by atoms with E-state index >= 15 is 0 Å². The van der Waals surface area contributed by atoms with Gasteiger partial charge in [0.2, 0.25) is 11.9 Å². The number of anilines is 1. The lowest BCUT2D eigenvalue weighted by molar-refractivity contribution is -0.124. The molecule has 0 aromatic carbocycles. The summed E-state index contributed by atoms with van der Waals surface area (Å²) in [7, 11) is 0. The van der Waals surface area contributed by atoms with Crippen LogP contribution in [-0.4, -0.2) is 58.6 Å². The molecule has 0 spiro atoms. The molecule has 0 unspecified atom stereocenters. The average molecular weight is 356 g/mol. The van der Waals surface area contributed by atoms with E-state index in [1.807, 2.05) is 11.0 Å². The summed E-state index contributed by atoms with van der Waals surface area (Å²) < 4.78 is 0. The summed E-state index contributed by atoms with van der Waals surface area (Å²) in [5.41, 5.74) is 2.90. The van der Waals surface area contributed by atoms with E-state index in [2.05, 4.69) is 25.4 Å². The third-order valence-corrected chi connectivity index (χ3v) is 5.70. The lowest BCUT2D eigenvalue weighted by Crippen LogP contribution is -2.40. The van der Waals surface area contributed by atoms with Gasteiger partial charge in [-0.3, -0.25) is 9.59 Å². The Bertz CT molecular complexity index is 699. The van der Waals surface area contributed by atoms with Crippen molar-refractivity contribution in [2.75, 3.05) is 31.1 Å². The third kappa shape index (κ3) is 3.54. The van der Waals surface area contributed by atoms with Crippen molar-refractivity contribution < 1.29 is 9.59 Å². The smallest absolute Gasteiger partial charge is 0.270 e. The molecule has 138 valence electrons. The molecule has 26 heavy (non-hydrogen) atoms. The lowest BCUT2D eigenvalue weighted by Gasteiger charge is -2.34. The van der Waals surface area contributed by atoms with E-state index in [1.54, 1.807) is 12.4 Å². The summed E-state index contributed by atoms with van der Waals surface area (Å²) in [5.74, 6) is 1.88. The van der Waals surface area contributed by atoms with E-state index in [0.717, 1.165) is 51.4 Å². The molecule has 1 atom stereocenters. The largest absolute Gasteiger partial charge is 0.341 e. The number of carbonyl (C=O) groups excluding carboxylic acids is 2. The second kappa shape index (κ2) is 7.39. The number of piperidine rings is 1. The standard InChI is InChI=1S/C18H24N6O2/c25-16-3-2-15(21-22-16)17(26)24-11-6-14(12-24)13-4-9-23(10-5-13)18-19-7-1-8-20-18/h1,7-8,13-14H,2-6,9-12H2,(H,22,25)/t14-/m1/s1. The van der Waals surface area contributed by atoms with Crippen LogP contribution in [0.15, 0.2) is 23.6 Å². The van der Waals surface area contributed by atoms with Gasteiger partial charge in [-0.05, 0) is 37.2 Å². The molecule has 0 aliphatic carbocycles. The van der Waals surface area contributed by atoms with Crippen molar-refractivity contribution in [3.63, 3.8) is 0 Å². The van der Waals surface area contributed by atoms with E-state index in [4.69, 9.17) is 0 Å². The van der Waals surface area contributed by atoms with Crippen LogP contribution in [0.25, 0.3) is 0 Å². The van der Waals surface area contributed by atoms with E-state index in [9.17, 15) is 9.59 Å². The topological polar surface area (TPSA) is 90.8 Å². The van der Waals surface area contributed by atoms with Crippen molar-refractivity contribution in [3.8, 4) is 0 Å². The Hall–Kier alpha value is -2.51. The van der Waals surface area contributed by atoms with E-state index < -0.39 is 0 Å². The molecule has 2 fully saturated rings. The SMILES string of the molecule is O=C1CCC(C(=O)N2CC[C@@H](C3CCN(c4ncccn4)CC3)C2)=NN1. The number of hydrogen-bond acceptors (Lipinski definition) is 6. The first-order valence-corrected chi connectivity index (χ1v) is 9.37. The minimum atomic E-state index is -0.116. The number of carbonyl (C=O) groups is 2. The van der Waals surface area contributed by atoms with Crippen LogP contribution in [-0.2, 0) is 9.59 Å². The molecule has 8 heteroatoms. The minimum Gasteiger partial charge on any atom is -0.341 e.